The second-order valence-electron chi connectivity index (χ2n) is 10.1. The third-order valence-electron chi connectivity index (χ3n) is 7.02. The third-order valence-corrected chi connectivity index (χ3v) is 7.31. The summed E-state index contributed by atoms with van der Waals surface area (Å²) in [5, 5.41) is 16.7. The zero-order chi connectivity index (χ0) is 32.2. The number of nitrogens with zero attached hydrogens (tertiary/aromatic N) is 6. The first-order chi connectivity index (χ1) is 21.8. The zero-order valence-corrected chi connectivity index (χ0v) is 25.7. The van der Waals surface area contributed by atoms with E-state index in [-0.39, 0.29) is 36.8 Å². The Labute approximate surface area is 264 Å². The molecule has 1 fully saturated rings. The van der Waals surface area contributed by atoms with Crippen LogP contribution in [0, 0.1) is 10.1 Å². The molecule has 3 heterocycles. The molecule has 1 aliphatic rings. The number of hydrogen-bond acceptors (Lipinski definition) is 13. The summed E-state index contributed by atoms with van der Waals surface area (Å²) >= 11 is 6.30. The van der Waals surface area contributed by atoms with Crippen molar-refractivity contribution in [2.24, 2.45) is 0 Å². The van der Waals surface area contributed by atoms with Gasteiger partial charge in [0.15, 0.2) is 0 Å². The summed E-state index contributed by atoms with van der Waals surface area (Å²) in [6, 6.07) is 6.22. The predicted octanol–water partition coefficient (Wildman–Crippen LogP) is 4.10. The molecule has 15 nitrogen and oxygen atoms in total. The second-order valence-corrected chi connectivity index (χ2v) is 10.6. The van der Waals surface area contributed by atoms with Gasteiger partial charge in [-0.3, -0.25) is 14.4 Å². The van der Waals surface area contributed by atoms with Crippen LogP contribution in [0.4, 0.5) is 11.8 Å². The van der Waals surface area contributed by atoms with Crippen LogP contribution in [0.3, 0.4) is 0 Å². The van der Waals surface area contributed by atoms with Crippen molar-refractivity contribution in [2.45, 2.75) is 70.9 Å². The van der Waals surface area contributed by atoms with Gasteiger partial charge in [0.25, 0.3) is 17.3 Å². The maximum Gasteiger partial charge on any atom is 0.307 e. The number of hydrogen-bond donors (Lipinski definition) is 2. The zero-order valence-electron chi connectivity index (χ0n) is 25.0. The summed E-state index contributed by atoms with van der Waals surface area (Å²) < 4.78 is 10.7. The molecule has 16 heteroatoms. The van der Waals surface area contributed by atoms with Crippen LogP contribution in [0.2, 0.25) is 5.02 Å². The lowest BCUT2D eigenvalue weighted by atomic mass is 10.2. The smallest absolute Gasteiger partial charge is 0.307 e. The average molecular weight is 643 g/mol. The number of anilines is 2. The molecule has 1 aromatic carbocycles. The standard InChI is InChI=1S/C29H35ClN8O7/c1-3-4-5-9-25(39)44-28(45-38(41)42)22-8-6-14-37(22)29-35-17-20(27(40)34-18-24-31-12-7-13-32-24)26(36-29)33-16-19-10-11-23(43-2)21(30)15-19/h7,10-13,15,17,22,28H,3-6,8-9,14,16,18H2,1-2H3,(H,34,40)(H,33,35,36)/t22-,28?/m0/s1. The van der Waals surface area contributed by atoms with Crippen molar-refractivity contribution in [3.63, 3.8) is 0 Å². The molecule has 0 radical (unpaired) electrons. The number of nitrogens with one attached hydrogen (secondary N) is 2. The third kappa shape index (κ3) is 9.35. The molecular formula is C29H35ClN8O7. The molecule has 4 rings (SSSR count). The minimum absolute atomic E-state index is 0.0761. The van der Waals surface area contributed by atoms with Crippen molar-refractivity contribution in [1.82, 2.24) is 25.3 Å². The van der Waals surface area contributed by atoms with Crippen molar-refractivity contribution in [2.75, 3.05) is 23.9 Å². The van der Waals surface area contributed by atoms with Crippen molar-refractivity contribution < 1.29 is 29.0 Å². The molecule has 1 saturated heterocycles. The number of amides is 1. The van der Waals surface area contributed by atoms with Crippen LogP contribution < -0.4 is 20.3 Å². The first kappa shape index (κ1) is 33.1. The van der Waals surface area contributed by atoms with Crippen molar-refractivity contribution in [1.29, 1.82) is 0 Å². The Morgan fingerprint density at radius 3 is 2.71 bits per heavy atom. The molecule has 1 aliphatic heterocycles. The number of methoxy groups -OCH3 is 1. The Morgan fingerprint density at radius 1 is 1.20 bits per heavy atom. The largest absolute Gasteiger partial charge is 0.495 e. The maximum absolute atomic E-state index is 13.3. The van der Waals surface area contributed by atoms with Gasteiger partial charge < -0.3 is 25.0 Å². The monoisotopic (exact) mass is 642 g/mol. The summed E-state index contributed by atoms with van der Waals surface area (Å²) in [6.45, 7) is 2.74. The summed E-state index contributed by atoms with van der Waals surface area (Å²) in [4.78, 5) is 60.9. The first-order valence-corrected chi connectivity index (χ1v) is 14.9. The fourth-order valence-corrected chi connectivity index (χ4v) is 5.06. The molecule has 1 unspecified atom stereocenters. The molecule has 2 atom stereocenters. The molecule has 0 bridgehead atoms. The van der Waals surface area contributed by atoms with E-state index in [0.29, 0.717) is 42.4 Å². The number of halogens is 1. The molecular weight excluding hydrogens is 608 g/mol. The van der Waals surface area contributed by atoms with Crippen LogP contribution in [-0.4, -0.2) is 62.9 Å². The number of carbonyl (C=O) groups is 2. The van der Waals surface area contributed by atoms with Crippen LogP contribution in [0.15, 0.2) is 42.9 Å². The van der Waals surface area contributed by atoms with Crippen LogP contribution in [0.1, 0.15) is 67.2 Å². The minimum atomic E-state index is -1.48. The number of aromatic nitrogens is 4. The van der Waals surface area contributed by atoms with E-state index in [1.807, 2.05) is 13.0 Å². The lowest BCUT2D eigenvalue weighted by molar-refractivity contribution is -0.779. The van der Waals surface area contributed by atoms with E-state index in [4.69, 9.17) is 25.9 Å². The highest BCUT2D eigenvalue weighted by Crippen LogP contribution is 2.29. The summed E-state index contributed by atoms with van der Waals surface area (Å²) in [5.74, 6) is 0.259. The lowest BCUT2D eigenvalue weighted by Crippen LogP contribution is -2.45. The molecule has 2 aromatic heterocycles. The van der Waals surface area contributed by atoms with Gasteiger partial charge in [0.1, 0.15) is 23.0 Å². The van der Waals surface area contributed by atoms with Crippen molar-refractivity contribution >= 4 is 35.2 Å². The Hall–Kier alpha value is -4.79. The van der Waals surface area contributed by atoms with E-state index in [0.717, 1.165) is 18.4 Å². The van der Waals surface area contributed by atoms with Gasteiger partial charge in [-0.15, -0.1) is 10.1 Å². The van der Waals surface area contributed by atoms with Gasteiger partial charge in [-0.05, 0) is 43.0 Å². The number of rotatable bonds is 16. The Kier molecular flexibility index (Phi) is 12.0. The Balaban J connectivity index is 1.59. The van der Waals surface area contributed by atoms with Crippen LogP contribution >= 0.6 is 11.6 Å². The molecule has 45 heavy (non-hydrogen) atoms. The van der Waals surface area contributed by atoms with Gasteiger partial charge in [-0.25, -0.2) is 15.0 Å². The minimum Gasteiger partial charge on any atom is -0.495 e. The summed E-state index contributed by atoms with van der Waals surface area (Å²) in [5.41, 5.74) is 0.934. The molecule has 3 aromatic rings. The topological polar surface area (TPSA) is 184 Å². The molecule has 240 valence electrons. The second kappa shape index (κ2) is 16.3. The van der Waals surface area contributed by atoms with E-state index in [9.17, 15) is 19.7 Å². The van der Waals surface area contributed by atoms with Crippen molar-refractivity contribution in [3.8, 4) is 5.75 Å². The number of benzene rings is 1. The Bertz CT molecular complexity index is 1470. The van der Waals surface area contributed by atoms with Crippen LogP contribution in [0.25, 0.3) is 0 Å². The van der Waals surface area contributed by atoms with Crippen LogP contribution in [0.5, 0.6) is 5.75 Å². The van der Waals surface area contributed by atoms with Gasteiger partial charge in [0.2, 0.25) is 5.95 Å². The van der Waals surface area contributed by atoms with E-state index in [1.165, 1.54) is 13.3 Å². The molecule has 0 saturated carbocycles. The quantitative estimate of drug-likeness (QED) is 0.0749. The van der Waals surface area contributed by atoms with Gasteiger partial charge in [-0.1, -0.05) is 37.4 Å². The predicted molar refractivity (Wildman–Crippen MR) is 163 cm³/mol. The van der Waals surface area contributed by atoms with Gasteiger partial charge >= 0.3 is 5.97 Å². The highest BCUT2D eigenvalue weighted by atomic mass is 35.5. The fraction of sp³-hybridized carbons (Fsp3) is 0.448. The highest BCUT2D eigenvalue weighted by Gasteiger charge is 2.38. The van der Waals surface area contributed by atoms with Crippen molar-refractivity contribution in [3.05, 3.63) is 74.9 Å². The normalized spacial score (nSPS) is 14.8. The summed E-state index contributed by atoms with van der Waals surface area (Å²) in [6.07, 6.45) is 6.54. The number of ether oxygens (including phenoxy) is 2. The number of esters is 1. The first-order valence-electron chi connectivity index (χ1n) is 14.5. The van der Waals surface area contributed by atoms with Crippen LogP contribution in [-0.2, 0) is 27.5 Å². The Morgan fingerprint density at radius 2 is 2.00 bits per heavy atom. The van der Waals surface area contributed by atoms with E-state index in [2.05, 4.69) is 30.6 Å². The fourth-order valence-electron chi connectivity index (χ4n) is 4.78. The van der Waals surface area contributed by atoms with Gasteiger partial charge in [0, 0.05) is 38.1 Å². The lowest BCUT2D eigenvalue weighted by Gasteiger charge is -2.30. The van der Waals surface area contributed by atoms with E-state index >= 15 is 0 Å². The summed E-state index contributed by atoms with van der Waals surface area (Å²) in [7, 11) is 1.52. The van der Waals surface area contributed by atoms with Gasteiger partial charge in [0.05, 0.1) is 24.7 Å². The van der Waals surface area contributed by atoms with E-state index in [1.54, 1.807) is 35.5 Å². The molecule has 2 N–H and O–H groups in total. The SMILES string of the molecule is CCCCCC(=O)OC(O[N+](=O)[O-])[C@@H]1CCCN1c1ncc(C(=O)NCc2ncccn2)c(NCc2ccc(OC)c(Cl)c2)n1. The van der Waals surface area contributed by atoms with E-state index < -0.39 is 29.3 Å². The number of unbranched alkanes of at least 4 members (excludes halogenated alkanes) is 2. The average Bonchev–Trinajstić information content (AvgIpc) is 3.53. The molecule has 1 amide bonds. The highest BCUT2D eigenvalue weighted by molar-refractivity contribution is 6.32. The van der Waals surface area contributed by atoms with Gasteiger partial charge in [-0.2, -0.15) is 4.98 Å². The maximum atomic E-state index is 13.3. The molecule has 0 spiro atoms. The number of carbonyl (C=O) groups excluding carboxylic acids is 2. The molecule has 0 aliphatic carbocycles.